The Morgan fingerprint density at radius 1 is 0.600 bits per heavy atom. The summed E-state index contributed by atoms with van der Waals surface area (Å²) in [6, 6.07) is 33.6. The summed E-state index contributed by atoms with van der Waals surface area (Å²) in [5, 5.41) is 6.05. The molecule has 3 aromatic rings. The van der Waals surface area contributed by atoms with Crippen LogP contribution in [0.4, 0.5) is 0 Å². The third-order valence-corrected chi connectivity index (χ3v) is 12.1. The Morgan fingerprint density at radius 3 is 1.20 bits per heavy atom. The fraction of sp³-hybridized carbons (Fsp3) is 0.120. The Labute approximate surface area is 211 Å². The average molecular weight is 506 g/mol. The van der Waals surface area contributed by atoms with Gasteiger partial charge in [0.25, 0.3) is 0 Å². The first kappa shape index (κ1) is 27.0. The molecule has 0 radical (unpaired) electrons. The van der Waals surface area contributed by atoms with Crippen LogP contribution in [0.3, 0.4) is 0 Å². The molecule has 0 aromatic heterocycles. The molecule has 1 aliphatic rings. The largest absolute Gasteiger partial charge is 1.00 e. The second-order valence-corrected chi connectivity index (χ2v) is 11.9. The van der Waals surface area contributed by atoms with Crippen LogP contribution in [0.25, 0.3) is 0 Å². The van der Waals surface area contributed by atoms with Crippen LogP contribution >= 0.6 is 0 Å². The maximum absolute atomic E-state index is 2.34. The minimum atomic E-state index is -2.30. The van der Waals surface area contributed by atoms with Crippen molar-refractivity contribution >= 4 is 23.6 Å². The maximum atomic E-state index is 2.34. The van der Waals surface area contributed by atoms with Gasteiger partial charge >= 0.3 is 176 Å². The standard InChI is InChI=1S/C25H23Si.3ClH.Ti/c1-20-18-21(2)25(19-20)26(22-12-6-3-7-13-22,23-14-8-4-9-15-23)24-16-10-5-11-17-24;;;;/h3-17H,19H2,1-2H3;3*1H;/q;;;;+3/p-3. The number of benzene rings is 3. The zero-order valence-electron chi connectivity index (χ0n) is 17.0. The van der Waals surface area contributed by atoms with Crippen molar-refractivity contribution in [2.75, 3.05) is 0 Å². The Hall–Kier alpha value is -1.06. The van der Waals surface area contributed by atoms with E-state index in [1.807, 2.05) is 0 Å². The third-order valence-electron chi connectivity index (χ3n) is 5.77. The summed E-state index contributed by atoms with van der Waals surface area (Å²) in [4.78, 5) is 0. The molecule has 0 saturated heterocycles. The van der Waals surface area contributed by atoms with E-state index in [1.165, 1.54) is 30.6 Å². The second kappa shape index (κ2) is 11.5. The molecule has 0 spiro atoms. The Balaban J connectivity index is 0.00000150. The van der Waals surface area contributed by atoms with Gasteiger partial charge < -0.3 is 37.2 Å². The maximum Gasteiger partial charge on any atom is -1.00 e. The van der Waals surface area contributed by atoms with Gasteiger partial charge in [-0.15, -0.1) is 0 Å². The summed E-state index contributed by atoms with van der Waals surface area (Å²) < 4.78 is 1.48. The van der Waals surface area contributed by atoms with Gasteiger partial charge in [0.2, 0.25) is 0 Å². The fourth-order valence-corrected chi connectivity index (χ4v) is 10.4. The Bertz CT molecular complexity index is 919. The van der Waals surface area contributed by atoms with Crippen molar-refractivity contribution in [3.05, 3.63) is 111 Å². The smallest absolute Gasteiger partial charge is 1.00 e. The van der Waals surface area contributed by atoms with Crippen molar-refractivity contribution in [2.24, 2.45) is 0 Å². The van der Waals surface area contributed by atoms with Gasteiger partial charge in [-0.1, -0.05) is 0 Å². The SMILES string of the molecule is CC1=[C]([Ti+3])C(C)=C([Si](c2ccccc2)(c2ccccc2)c2ccccc2)C1.[Cl-].[Cl-].[Cl-]. The van der Waals surface area contributed by atoms with Crippen molar-refractivity contribution in [3.8, 4) is 0 Å². The molecule has 3 aromatic carbocycles. The van der Waals surface area contributed by atoms with Crippen molar-refractivity contribution in [1.82, 2.24) is 0 Å². The van der Waals surface area contributed by atoms with Crippen LogP contribution in [0, 0.1) is 0 Å². The van der Waals surface area contributed by atoms with Crippen LogP contribution in [0.15, 0.2) is 111 Å². The molecule has 0 heterocycles. The third kappa shape index (κ3) is 4.58. The molecule has 0 aliphatic heterocycles. The average Bonchev–Trinajstić information content (AvgIpc) is 2.99. The van der Waals surface area contributed by atoms with E-state index < -0.39 is 8.07 Å². The Morgan fingerprint density at radius 2 is 0.933 bits per heavy atom. The van der Waals surface area contributed by atoms with E-state index in [0.29, 0.717) is 0 Å². The van der Waals surface area contributed by atoms with E-state index in [1.54, 1.807) is 5.20 Å². The first-order valence-electron chi connectivity index (χ1n) is 9.44. The van der Waals surface area contributed by atoms with Gasteiger partial charge in [-0.3, -0.25) is 0 Å². The molecule has 30 heavy (non-hydrogen) atoms. The molecule has 0 amide bonds. The van der Waals surface area contributed by atoms with Gasteiger partial charge in [-0.05, 0) is 0 Å². The quantitative estimate of drug-likeness (QED) is 0.247. The summed E-state index contributed by atoms with van der Waals surface area (Å²) in [7, 11) is -2.30. The van der Waals surface area contributed by atoms with Gasteiger partial charge in [-0.2, -0.15) is 0 Å². The molecule has 0 unspecified atom stereocenters. The van der Waals surface area contributed by atoms with Gasteiger partial charge in [0.1, 0.15) is 0 Å². The van der Waals surface area contributed by atoms with Gasteiger partial charge in [0.05, 0.1) is 0 Å². The molecule has 0 N–H and O–H groups in total. The summed E-state index contributed by atoms with van der Waals surface area (Å²) >= 11 is 2.29. The number of hydrogen-bond acceptors (Lipinski definition) is 0. The van der Waals surface area contributed by atoms with E-state index >= 15 is 0 Å². The molecular weight excluding hydrogens is 483 g/mol. The first-order chi connectivity index (χ1) is 13.2. The van der Waals surface area contributed by atoms with Crippen LogP contribution in [0.5, 0.6) is 0 Å². The fourth-order valence-electron chi connectivity index (χ4n) is 4.46. The zero-order valence-corrected chi connectivity index (χ0v) is 21.8. The van der Waals surface area contributed by atoms with E-state index in [0.717, 1.165) is 6.42 Å². The molecule has 4 rings (SSSR count). The van der Waals surface area contributed by atoms with E-state index in [4.69, 9.17) is 0 Å². The zero-order chi connectivity index (χ0) is 18.9. The monoisotopic (exact) mass is 504 g/mol. The van der Waals surface area contributed by atoms with Crippen molar-refractivity contribution in [3.63, 3.8) is 0 Å². The van der Waals surface area contributed by atoms with Crippen molar-refractivity contribution in [1.29, 1.82) is 0 Å². The van der Waals surface area contributed by atoms with E-state index in [9.17, 15) is 0 Å². The predicted molar refractivity (Wildman–Crippen MR) is 114 cm³/mol. The minimum absolute atomic E-state index is 0. The van der Waals surface area contributed by atoms with Crippen LogP contribution in [0.2, 0.25) is 0 Å². The topological polar surface area (TPSA) is 0 Å². The van der Waals surface area contributed by atoms with Crippen molar-refractivity contribution < 1.29 is 57.7 Å². The van der Waals surface area contributed by atoms with Crippen LogP contribution < -0.4 is 52.8 Å². The molecule has 152 valence electrons. The normalized spacial score (nSPS) is 13.3. The summed E-state index contributed by atoms with van der Waals surface area (Å²) in [5.41, 5.74) is 3.01. The number of hydrogen-bond donors (Lipinski definition) is 0. The van der Waals surface area contributed by atoms with Crippen LogP contribution in [-0.4, -0.2) is 8.07 Å². The first-order valence-corrected chi connectivity index (χ1v) is 12.2. The van der Waals surface area contributed by atoms with Gasteiger partial charge in [0.15, 0.2) is 0 Å². The van der Waals surface area contributed by atoms with Gasteiger partial charge in [0, 0.05) is 0 Å². The van der Waals surface area contributed by atoms with Gasteiger partial charge in [-0.25, -0.2) is 0 Å². The molecule has 0 nitrogen and oxygen atoms in total. The molecule has 1 aliphatic carbocycles. The van der Waals surface area contributed by atoms with Crippen LogP contribution in [-0.2, 0) is 20.4 Å². The molecule has 0 bridgehead atoms. The Kier molecular flexibility index (Phi) is 10.4. The van der Waals surface area contributed by atoms with E-state index in [-0.39, 0.29) is 37.2 Å². The molecule has 5 heteroatoms. The van der Waals surface area contributed by atoms with Crippen LogP contribution in [0.1, 0.15) is 20.3 Å². The second-order valence-electron chi connectivity index (χ2n) is 7.28. The molecule has 0 fully saturated rings. The van der Waals surface area contributed by atoms with Crippen molar-refractivity contribution in [2.45, 2.75) is 20.3 Å². The molecule has 0 atom stereocenters. The predicted octanol–water partition coefficient (Wildman–Crippen LogP) is -4.75. The number of halogens is 3. The number of rotatable bonds is 4. The molecular formula is C25H23Cl3SiTi. The van der Waals surface area contributed by atoms with E-state index in [2.05, 4.69) is 125 Å². The number of allylic oxidation sites excluding steroid dienone is 4. The minimum Gasteiger partial charge on any atom is -1.00 e. The summed E-state index contributed by atoms with van der Waals surface area (Å²) in [6.45, 7) is 4.63. The summed E-state index contributed by atoms with van der Waals surface area (Å²) in [5.74, 6) is 0. The molecule has 0 saturated carbocycles. The summed E-state index contributed by atoms with van der Waals surface area (Å²) in [6.07, 6.45) is 1.09.